The summed E-state index contributed by atoms with van der Waals surface area (Å²) in [6.07, 6.45) is 3.18. The van der Waals surface area contributed by atoms with Gasteiger partial charge in [0.2, 0.25) is 5.82 Å². The van der Waals surface area contributed by atoms with Crippen LogP contribution >= 0.6 is 11.3 Å². The molecular formula is C10H10N4O4S. The number of imidazole rings is 1. The van der Waals surface area contributed by atoms with Gasteiger partial charge in [-0.15, -0.1) is 0 Å². The molecule has 2 heterocycles. The Balaban J connectivity index is 1.99. The molecule has 9 heteroatoms. The fourth-order valence-corrected chi connectivity index (χ4v) is 2.71. The highest BCUT2D eigenvalue weighted by Crippen LogP contribution is 2.36. The molecule has 0 saturated heterocycles. The highest BCUT2D eigenvalue weighted by Gasteiger charge is 2.38. The minimum Gasteiger partial charge on any atom is -0.480 e. The van der Waals surface area contributed by atoms with Gasteiger partial charge >= 0.3 is 11.8 Å². The number of aliphatic carboxylic acids is 1. The first-order valence-corrected chi connectivity index (χ1v) is 6.55. The highest BCUT2D eigenvalue weighted by atomic mass is 32.1. The predicted octanol–water partition coefficient (Wildman–Crippen LogP) is 1.58. The quantitative estimate of drug-likeness (QED) is 0.636. The Labute approximate surface area is 110 Å². The molecule has 0 aliphatic heterocycles. The Morgan fingerprint density at radius 2 is 2.42 bits per heavy atom. The van der Waals surface area contributed by atoms with Crippen molar-refractivity contribution >= 4 is 33.9 Å². The van der Waals surface area contributed by atoms with E-state index in [1.807, 2.05) is 0 Å². The lowest BCUT2D eigenvalue weighted by atomic mass is 10.2. The molecule has 0 bridgehead atoms. The summed E-state index contributed by atoms with van der Waals surface area (Å²) in [5.41, 5.74) is 0. The number of carbonyl (C=O) groups is 1. The Hall–Kier alpha value is -2.16. The average Bonchev–Trinajstić information content (AvgIpc) is 2.95. The third kappa shape index (κ3) is 2.01. The molecule has 3 rings (SSSR count). The predicted molar refractivity (Wildman–Crippen MR) is 67.5 cm³/mol. The molecule has 0 radical (unpaired) electrons. The molecular weight excluding hydrogens is 272 g/mol. The lowest BCUT2D eigenvalue weighted by Gasteiger charge is -2.12. The Morgan fingerprint density at radius 1 is 1.68 bits per heavy atom. The molecule has 0 amide bonds. The summed E-state index contributed by atoms with van der Waals surface area (Å²) in [5, 5.41) is 24.6. The second-order valence-electron chi connectivity index (χ2n) is 4.39. The van der Waals surface area contributed by atoms with Crippen LogP contribution in [0.4, 0.5) is 11.6 Å². The topological polar surface area (TPSA) is 110 Å². The number of carboxylic acids is 1. The fraction of sp³-hybridized carbons (Fsp3) is 0.400. The van der Waals surface area contributed by atoms with Crippen LogP contribution in [-0.4, -0.2) is 31.4 Å². The Kier molecular flexibility index (Phi) is 2.63. The number of thiazole rings is 1. The molecule has 1 atom stereocenters. The van der Waals surface area contributed by atoms with Crippen LogP contribution < -0.4 is 5.32 Å². The van der Waals surface area contributed by atoms with Crippen molar-refractivity contribution in [3.05, 3.63) is 21.7 Å². The number of rotatable bonds is 5. The van der Waals surface area contributed by atoms with Crippen molar-refractivity contribution in [1.29, 1.82) is 0 Å². The molecule has 1 fully saturated rings. The highest BCUT2D eigenvalue weighted by molar-refractivity contribution is 7.15. The van der Waals surface area contributed by atoms with Gasteiger partial charge in [-0.05, 0) is 23.7 Å². The van der Waals surface area contributed by atoms with Gasteiger partial charge in [0.15, 0.2) is 0 Å². The van der Waals surface area contributed by atoms with Crippen LogP contribution in [0.3, 0.4) is 0 Å². The number of nitrogens with zero attached hydrogens (tertiary/aromatic N) is 3. The van der Waals surface area contributed by atoms with Crippen molar-refractivity contribution in [1.82, 2.24) is 9.38 Å². The van der Waals surface area contributed by atoms with E-state index in [4.69, 9.17) is 5.11 Å². The zero-order valence-corrected chi connectivity index (χ0v) is 10.5. The third-order valence-electron chi connectivity index (χ3n) is 3.06. The first kappa shape index (κ1) is 11.9. The Morgan fingerprint density at radius 3 is 3.00 bits per heavy atom. The van der Waals surface area contributed by atoms with Crippen LogP contribution in [0.2, 0.25) is 0 Å². The maximum atomic E-state index is 11.2. The molecule has 0 aromatic carbocycles. The van der Waals surface area contributed by atoms with Gasteiger partial charge in [0.25, 0.3) is 4.96 Å². The van der Waals surface area contributed by atoms with Crippen molar-refractivity contribution in [2.45, 2.75) is 18.9 Å². The lowest BCUT2D eigenvalue weighted by Crippen LogP contribution is -2.31. The van der Waals surface area contributed by atoms with Crippen molar-refractivity contribution in [2.24, 2.45) is 5.92 Å². The van der Waals surface area contributed by atoms with Gasteiger partial charge in [-0.1, -0.05) is 11.3 Å². The smallest absolute Gasteiger partial charge is 0.372 e. The minimum atomic E-state index is -1.01. The first-order chi connectivity index (χ1) is 9.08. The summed E-state index contributed by atoms with van der Waals surface area (Å²) < 4.78 is 1.35. The maximum absolute atomic E-state index is 11.2. The number of anilines is 1. The van der Waals surface area contributed by atoms with Crippen molar-refractivity contribution in [3.63, 3.8) is 0 Å². The van der Waals surface area contributed by atoms with Crippen LogP contribution in [0, 0.1) is 16.0 Å². The van der Waals surface area contributed by atoms with E-state index in [1.54, 1.807) is 11.6 Å². The number of nitrogens with one attached hydrogen (secondary N) is 1. The second-order valence-corrected chi connectivity index (χ2v) is 5.27. The lowest BCUT2D eigenvalue weighted by molar-refractivity contribution is -0.389. The molecule has 0 spiro atoms. The summed E-state index contributed by atoms with van der Waals surface area (Å²) in [6.45, 7) is 0. The number of fused-ring (bicyclic) bond motifs is 1. The van der Waals surface area contributed by atoms with Gasteiger partial charge < -0.3 is 20.5 Å². The van der Waals surface area contributed by atoms with Crippen LogP contribution in [-0.2, 0) is 4.79 Å². The first-order valence-electron chi connectivity index (χ1n) is 5.67. The molecule has 1 unspecified atom stereocenters. The minimum absolute atomic E-state index is 0.0242. The monoisotopic (exact) mass is 282 g/mol. The molecule has 19 heavy (non-hydrogen) atoms. The van der Waals surface area contributed by atoms with E-state index in [0.717, 1.165) is 12.8 Å². The zero-order chi connectivity index (χ0) is 13.6. The summed E-state index contributed by atoms with van der Waals surface area (Å²) in [7, 11) is 0. The van der Waals surface area contributed by atoms with E-state index in [9.17, 15) is 14.9 Å². The summed E-state index contributed by atoms with van der Waals surface area (Å²) in [5.74, 6) is -1.18. The molecule has 100 valence electrons. The standard InChI is InChI=1S/C10H10N4O4S/c15-9(16)6(5-1-2-5)11-7-8(14(17)18)13-3-4-19-10(13)12-7/h3-6,11H,1-2H2,(H,15,16). The number of carboxylic acid groups (broad SMARTS) is 1. The number of hydrogen-bond acceptors (Lipinski definition) is 6. The van der Waals surface area contributed by atoms with Crippen molar-refractivity contribution in [3.8, 4) is 0 Å². The van der Waals surface area contributed by atoms with Gasteiger partial charge in [0.05, 0.1) is 0 Å². The molecule has 8 nitrogen and oxygen atoms in total. The number of nitro groups is 1. The van der Waals surface area contributed by atoms with Crippen LogP contribution in [0.5, 0.6) is 0 Å². The molecule has 2 N–H and O–H groups in total. The van der Waals surface area contributed by atoms with E-state index >= 15 is 0 Å². The van der Waals surface area contributed by atoms with Crippen molar-refractivity contribution < 1.29 is 14.8 Å². The van der Waals surface area contributed by atoms with E-state index in [0.29, 0.717) is 4.96 Å². The summed E-state index contributed by atoms with van der Waals surface area (Å²) >= 11 is 1.26. The van der Waals surface area contributed by atoms with Gasteiger partial charge in [-0.2, -0.15) is 9.38 Å². The molecule has 2 aromatic heterocycles. The largest absolute Gasteiger partial charge is 0.480 e. The number of aromatic nitrogens is 2. The van der Waals surface area contributed by atoms with E-state index < -0.39 is 16.9 Å². The van der Waals surface area contributed by atoms with E-state index in [-0.39, 0.29) is 17.6 Å². The third-order valence-corrected chi connectivity index (χ3v) is 3.82. The normalized spacial score (nSPS) is 16.4. The summed E-state index contributed by atoms with van der Waals surface area (Å²) in [4.78, 5) is 26.3. The molecule has 1 aliphatic rings. The van der Waals surface area contributed by atoms with Crippen LogP contribution in [0.15, 0.2) is 11.6 Å². The SMILES string of the molecule is O=C(O)C(Nc1nc2sccn2c1[N+](=O)[O-])C1CC1. The van der Waals surface area contributed by atoms with Gasteiger partial charge in [-0.3, -0.25) is 0 Å². The summed E-state index contributed by atoms with van der Waals surface area (Å²) in [6, 6.07) is -0.816. The molecule has 1 aliphatic carbocycles. The number of hydrogen-bond donors (Lipinski definition) is 2. The van der Waals surface area contributed by atoms with Crippen molar-refractivity contribution in [2.75, 3.05) is 5.32 Å². The average molecular weight is 282 g/mol. The van der Waals surface area contributed by atoms with Crippen LogP contribution in [0.25, 0.3) is 4.96 Å². The Bertz CT molecular complexity index is 660. The molecule has 1 saturated carbocycles. The molecule has 2 aromatic rings. The van der Waals surface area contributed by atoms with E-state index in [1.165, 1.54) is 15.7 Å². The zero-order valence-electron chi connectivity index (χ0n) is 9.65. The van der Waals surface area contributed by atoms with Gasteiger partial charge in [0.1, 0.15) is 12.2 Å². The van der Waals surface area contributed by atoms with Gasteiger partial charge in [0, 0.05) is 5.38 Å². The second kappa shape index (κ2) is 4.19. The fourth-order valence-electron chi connectivity index (χ4n) is 2.00. The van der Waals surface area contributed by atoms with E-state index in [2.05, 4.69) is 10.3 Å². The van der Waals surface area contributed by atoms with Crippen LogP contribution in [0.1, 0.15) is 12.8 Å². The maximum Gasteiger partial charge on any atom is 0.372 e. The van der Waals surface area contributed by atoms with Gasteiger partial charge in [-0.25, -0.2) is 4.79 Å².